The monoisotopic (exact) mass is 496 g/mol. The molecule has 2 aliphatic heterocycles. The van der Waals surface area contributed by atoms with Gasteiger partial charge in [-0.05, 0) is 80.0 Å². The van der Waals surface area contributed by atoms with E-state index >= 15 is 0 Å². The molecular formula is C31H32N2O4. The molecular weight excluding hydrogens is 464 g/mol. The smallest absolute Gasteiger partial charge is 0.418 e. The van der Waals surface area contributed by atoms with Gasteiger partial charge in [0.2, 0.25) is 0 Å². The van der Waals surface area contributed by atoms with E-state index in [4.69, 9.17) is 9.47 Å². The van der Waals surface area contributed by atoms with E-state index in [2.05, 4.69) is 42.5 Å². The fraction of sp³-hybridized carbons (Fsp3) is 0.355. The summed E-state index contributed by atoms with van der Waals surface area (Å²) in [6.45, 7) is 5.90. The fourth-order valence-electron chi connectivity index (χ4n) is 6.09. The lowest BCUT2D eigenvalue weighted by atomic mass is 9.98. The van der Waals surface area contributed by atoms with Gasteiger partial charge in [0.25, 0.3) is 0 Å². The molecule has 2 unspecified atom stereocenters. The van der Waals surface area contributed by atoms with Crippen molar-refractivity contribution in [1.82, 2.24) is 9.47 Å². The van der Waals surface area contributed by atoms with Crippen molar-refractivity contribution >= 4 is 17.8 Å². The Bertz CT molecular complexity index is 1350. The third-order valence-corrected chi connectivity index (χ3v) is 7.61. The van der Waals surface area contributed by atoms with Crippen molar-refractivity contribution in [2.45, 2.75) is 63.6 Å². The molecule has 3 aromatic rings. The Morgan fingerprint density at radius 2 is 1.57 bits per heavy atom. The Morgan fingerprint density at radius 1 is 0.892 bits per heavy atom. The van der Waals surface area contributed by atoms with Gasteiger partial charge in [0, 0.05) is 18.2 Å². The SMILES string of the molecule is CC(C)(C)OC(=O)n1cccc1C1=CC2CCC(C1)N2C(=O)OCC1c2ccccc2-c2ccccc21. The molecule has 2 bridgehead atoms. The van der Waals surface area contributed by atoms with Crippen LogP contribution in [0.25, 0.3) is 16.7 Å². The number of rotatable bonds is 3. The molecule has 6 nitrogen and oxygen atoms in total. The van der Waals surface area contributed by atoms with Gasteiger partial charge in [-0.3, -0.25) is 9.47 Å². The Hall–Kier alpha value is -3.80. The van der Waals surface area contributed by atoms with Crippen LogP contribution in [0.5, 0.6) is 0 Å². The Morgan fingerprint density at radius 3 is 2.22 bits per heavy atom. The van der Waals surface area contributed by atoms with Gasteiger partial charge in [0.1, 0.15) is 12.2 Å². The molecule has 2 atom stereocenters. The van der Waals surface area contributed by atoms with Crippen LogP contribution in [0.15, 0.2) is 72.9 Å². The molecule has 1 amide bonds. The molecule has 1 saturated heterocycles. The summed E-state index contributed by atoms with van der Waals surface area (Å²) in [7, 11) is 0. The molecule has 0 spiro atoms. The van der Waals surface area contributed by atoms with Gasteiger partial charge in [0.05, 0.1) is 11.7 Å². The van der Waals surface area contributed by atoms with Crippen molar-refractivity contribution in [3.05, 3.63) is 89.8 Å². The second-order valence-corrected chi connectivity index (χ2v) is 11.1. The van der Waals surface area contributed by atoms with Gasteiger partial charge in [-0.25, -0.2) is 9.59 Å². The highest BCUT2D eigenvalue weighted by Gasteiger charge is 2.42. The number of hydrogen-bond donors (Lipinski definition) is 0. The molecule has 3 aliphatic rings. The van der Waals surface area contributed by atoms with Crippen molar-refractivity contribution < 1.29 is 19.1 Å². The van der Waals surface area contributed by atoms with Crippen molar-refractivity contribution in [1.29, 1.82) is 0 Å². The van der Waals surface area contributed by atoms with E-state index in [1.165, 1.54) is 22.3 Å². The first kappa shape index (κ1) is 23.6. The predicted octanol–water partition coefficient (Wildman–Crippen LogP) is 6.84. The standard InChI is InChI=1S/C31H32N2O4/c1-31(2,3)37-29(34)32-16-8-13-28(32)20-17-21-14-15-22(18-20)33(21)30(35)36-19-27-25-11-6-4-9-23(25)24-10-5-7-12-26(24)27/h4-13,16-17,21-22,27H,14-15,18-19H2,1-3H3. The van der Waals surface area contributed by atoms with E-state index in [1.807, 2.05) is 49.9 Å². The number of fused-ring (bicyclic) bond motifs is 5. The van der Waals surface area contributed by atoms with Gasteiger partial charge in [-0.1, -0.05) is 54.6 Å². The van der Waals surface area contributed by atoms with Crippen LogP contribution in [-0.4, -0.2) is 45.9 Å². The van der Waals surface area contributed by atoms with Gasteiger partial charge >= 0.3 is 12.2 Å². The second kappa shape index (κ2) is 8.94. The topological polar surface area (TPSA) is 60.8 Å². The van der Waals surface area contributed by atoms with Crippen molar-refractivity contribution in [3.8, 4) is 11.1 Å². The highest BCUT2D eigenvalue weighted by Crippen LogP contribution is 2.45. The number of benzene rings is 2. The molecule has 3 heterocycles. The summed E-state index contributed by atoms with van der Waals surface area (Å²) in [5, 5.41) is 0. The van der Waals surface area contributed by atoms with Crippen LogP contribution in [0, 0.1) is 0 Å². The zero-order chi connectivity index (χ0) is 25.7. The molecule has 0 saturated carbocycles. The zero-order valence-corrected chi connectivity index (χ0v) is 21.5. The third kappa shape index (κ3) is 4.24. The van der Waals surface area contributed by atoms with Crippen LogP contribution < -0.4 is 0 Å². The van der Waals surface area contributed by atoms with Crippen LogP contribution >= 0.6 is 0 Å². The first-order valence-corrected chi connectivity index (χ1v) is 13.1. The lowest BCUT2D eigenvalue weighted by Gasteiger charge is -2.33. The van der Waals surface area contributed by atoms with Crippen molar-refractivity contribution in [2.24, 2.45) is 0 Å². The molecule has 37 heavy (non-hydrogen) atoms. The summed E-state index contributed by atoms with van der Waals surface area (Å²) in [5.74, 6) is 0.0435. The minimum absolute atomic E-state index is 0.0358. The van der Waals surface area contributed by atoms with Crippen LogP contribution in [0.1, 0.15) is 62.8 Å². The minimum atomic E-state index is -0.570. The summed E-state index contributed by atoms with van der Waals surface area (Å²) in [6, 6.07) is 20.6. The average molecular weight is 497 g/mol. The fourth-order valence-corrected chi connectivity index (χ4v) is 6.09. The summed E-state index contributed by atoms with van der Waals surface area (Å²) in [4.78, 5) is 28.0. The normalized spacial score (nSPS) is 20.3. The average Bonchev–Trinajstić information content (AvgIpc) is 3.55. The number of hydrogen-bond acceptors (Lipinski definition) is 4. The molecule has 0 radical (unpaired) electrons. The molecule has 6 rings (SSSR count). The highest BCUT2D eigenvalue weighted by atomic mass is 16.6. The number of ether oxygens (including phenoxy) is 2. The lowest BCUT2D eigenvalue weighted by Crippen LogP contribution is -2.43. The van der Waals surface area contributed by atoms with Crippen LogP contribution in [0.2, 0.25) is 0 Å². The van der Waals surface area contributed by atoms with Gasteiger partial charge in [0.15, 0.2) is 0 Å². The second-order valence-electron chi connectivity index (χ2n) is 11.1. The highest BCUT2D eigenvalue weighted by molar-refractivity contribution is 5.81. The van der Waals surface area contributed by atoms with Crippen LogP contribution in [0.3, 0.4) is 0 Å². The van der Waals surface area contributed by atoms with E-state index in [9.17, 15) is 9.59 Å². The van der Waals surface area contributed by atoms with Gasteiger partial charge in [-0.15, -0.1) is 0 Å². The summed E-state index contributed by atoms with van der Waals surface area (Å²) in [5.41, 5.74) is 6.20. The van der Waals surface area contributed by atoms with Gasteiger partial charge < -0.3 is 9.47 Å². The molecule has 1 aromatic heterocycles. The van der Waals surface area contributed by atoms with Crippen LogP contribution in [0.4, 0.5) is 9.59 Å². The molecule has 2 aromatic carbocycles. The number of carbonyl (C=O) groups is 2. The maximum absolute atomic E-state index is 13.4. The molecule has 190 valence electrons. The Balaban J connectivity index is 1.18. The lowest BCUT2D eigenvalue weighted by molar-refractivity contribution is 0.0534. The third-order valence-electron chi connectivity index (χ3n) is 7.61. The molecule has 0 N–H and O–H groups in total. The van der Waals surface area contributed by atoms with E-state index in [-0.39, 0.29) is 30.2 Å². The number of aromatic nitrogens is 1. The Kier molecular flexibility index (Phi) is 5.70. The zero-order valence-electron chi connectivity index (χ0n) is 21.5. The minimum Gasteiger partial charge on any atom is -0.448 e. The molecule has 1 aliphatic carbocycles. The van der Waals surface area contributed by atoms with Gasteiger partial charge in [-0.2, -0.15) is 0 Å². The summed E-state index contributed by atoms with van der Waals surface area (Å²) >= 11 is 0. The van der Waals surface area contributed by atoms with E-state index in [0.29, 0.717) is 13.0 Å². The number of nitrogens with zero attached hydrogens (tertiary/aromatic N) is 2. The maximum atomic E-state index is 13.4. The maximum Gasteiger partial charge on any atom is 0.418 e. The van der Waals surface area contributed by atoms with E-state index in [0.717, 1.165) is 24.1 Å². The van der Waals surface area contributed by atoms with E-state index < -0.39 is 5.60 Å². The van der Waals surface area contributed by atoms with Crippen molar-refractivity contribution in [2.75, 3.05) is 6.61 Å². The summed E-state index contributed by atoms with van der Waals surface area (Å²) in [6.07, 6.45) is 5.72. The Labute approximate surface area is 217 Å². The summed E-state index contributed by atoms with van der Waals surface area (Å²) < 4.78 is 13.1. The largest absolute Gasteiger partial charge is 0.448 e. The quantitative estimate of drug-likeness (QED) is 0.398. The van der Waals surface area contributed by atoms with Crippen LogP contribution in [-0.2, 0) is 9.47 Å². The number of amides is 1. The predicted molar refractivity (Wildman–Crippen MR) is 142 cm³/mol. The first-order valence-electron chi connectivity index (χ1n) is 13.1. The number of carbonyl (C=O) groups excluding carboxylic acids is 2. The first-order chi connectivity index (χ1) is 17.8. The molecule has 6 heteroatoms. The van der Waals surface area contributed by atoms with Crippen molar-refractivity contribution in [3.63, 3.8) is 0 Å². The molecule has 1 fully saturated rings. The van der Waals surface area contributed by atoms with E-state index in [1.54, 1.807) is 10.8 Å².